The molecule has 2 fully saturated rings. The molecule has 0 amide bonds. The summed E-state index contributed by atoms with van der Waals surface area (Å²) < 4.78 is 5.49. The van der Waals surface area contributed by atoms with E-state index in [4.69, 9.17) is 4.74 Å². The average Bonchev–Trinajstić information content (AvgIpc) is 2.94. The summed E-state index contributed by atoms with van der Waals surface area (Å²) in [6, 6.07) is 9.84. The zero-order chi connectivity index (χ0) is 12.2. The quantitative estimate of drug-likeness (QED) is 0.884. The van der Waals surface area contributed by atoms with Crippen LogP contribution in [0, 0.1) is 0 Å². The molecule has 0 aromatic heterocycles. The summed E-state index contributed by atoms with van der Waals surface area (Å²) in [6.07, 6.45) is 6.42. The maximum atomic E-state index is 5.49. The molecule has 18 heavy (non-hydrogen) atoms. The van der Waals surface area contributed by atoms with Crippen molar-refractivity contribution in [2.45, 2.75) is 44.1 Å². The lowest BCUT2D eigenvalue weighted by atomic mass is 9.93. The third-order valence-electron chi connectivity index (χ3n) is 4.25. The maximum Gasteiger partial charge on any atom is 0.0535 e. The van der Waals surface area contributed by atoms with Crippen molar-refractivity contribution in [1.29, 1.82) is 0 Å². The molecule has 0 spiro atoms. The molecule has 2 heteroatoms. The van der Waals surface area contributed by atoms with Gasteiger partial charge in [0.15, 0.2) is 0 Å². The van der Waals surface area contributed by atoms with Crippen LogP contribution in [0.3, 0.4) is 0 Å². The minimum atomic E-state index is 0.629. The minimum absolute atomic E-state index is 0.629. The lowest BCUT2D eigenvalue weighted by Gasteiger charge is -2.23. The molecule has 1 N–H and O–H groups in total. The van der Waals surface area contributed by atoms with Gasteiger partial charge in [0.25, 0.3) is 0 Å². The molecule has 1 aromatic rings. The highest BCUT2D eigenvalue weighted by molar-refractivity contribution is 5.27. The molecule has 2 atom stereocenters. The van der Waals surface area contributed by atoms with Gasteiger partial charge in [-0.3, -0.25) is 0 Å². The molecule has 2 heterocycles. The van der Waals surface area contributed by atoms with Crippen molar-refractivity contribution in [1.82, 2.24) is 5.32 Å². The van der Waals surface area contributed by atoms with Gasteiger partial charge in [-0.1, -0.05) is 30.7 Å². The fourth-order valence-corrected chi connectivity index (χ4v) is 3.15. The number of hydrogen-bond donors (Lipinski definition) is 1. The zero-order valence-electron chi connectivity index (χ0n) is 11.0. The average molecular weight is 245 g/mol. The Hall–Kier alpha value is -0.860. The number of hydrogen-bond acceptors (Lipinski definition) is 2. The third-order valence-corrected chi connectivity index (χ3v) is 4.25. The molecule has 0 radical (unpaired) electrons. The second-order valence-corrected chi connectivity index (χ2v) is 5.66. The summed E-state index contributed by atoms with van der Waals surface area (Å²) in [5.41, 5.74) is 2.96. The Labute approximate surface area is 110 Å². The Morgan fingerprint density at radius 1 is 1.22 bits per heavy atom. The standard InChI is InChI=1S/C16H23NO/c1-2-8-17-16(6-1)11-13-4-3-5-14(10-13)15-7-9-18-12-15/h3-5,10,15-17H,1-2,6-9,11-12H2. The minimum Gasteiger partial charge on any atom is -0.381 e. The first kappa shape index (κ1) is 12.2. The monoisotopic (exact) mass is 245 g/mol. The number of nitrogens with one attached hydrogen (secondary N) is 1. The highest BCUT2D eigenvalue weighted by atomic mass is 16.5. The molecular weight excluding hydrogens is 222 g/mol. The summed E-state index contributed by atoms with van der Waals surface area (Å²) in [5, 5.41) is 3.63. The fraction of sp³-hybridized carbons (Fsp3) is 0.625. The molecule has 1 aromatic carbocycles. The van der Waals surface area contributed by atoms with E-state index in [1.807, 2.05) is 0 Å². The lowest BCUT2D eigenvalue weighted by Crippen LogP contribution is -2.35. The highest BCUT2D eigenvalue weighted by Gasteiger charge is 2.18. The van der Waals surface area contributed by atoms with Gasteiger partial charge in [0, 0.05) is 18.6 Å². The normalized spacial score (nSPS) is 28.4. The number of benzene rings is 1. The molecule has 0 saturated carbocycles. The molecule has 0 bridgehead atoms. The van der Waals surface area contributed by atoms with Gasteiger partial charge in [-0.2, -0.15) is 0 Å². The largest absolute Gasteiger partial charge is 0.381 e. The Bertz CT molecular complexity index is 378. The van der Waals surface area contributed by atoms with Gasteiger partial charge in [-0.05, 0) is 43.4 Å². The summed E-state index contributed by atoms with van der Waals surface area (Å²) in [7, 11) is 0. The van der Waals surface area contributed by atoms with Gasteiger partial charge < -0.3 is 10.1 Å². The molecule has 2 nitrogen and oxygen atoms in total. The molecule has 0 aliphatic carbocycles. The van der Waals surface area contributed by atoms with E-state index in [0.717, 1.165) is 13.2 Å². The second-order valence-electron chi connectivity index (χ2n) is 5.66. The van der Waals surface area contributed by atoms with E-state index >= 15 is 0 Å². The SMILES string of the molecule is c1cc(CC2CCCCN2)cc(C2CCOC2)c1. The van der Waals surface area contributed by atoms with Crippen molar-refractivity contribution < 1.29 is 4.74 Å². The predicted molar refractivity (Wildman–Crippen MR) is 74.0 cm³/mol. The second kappa shape index (κ2) is 5.85. The van der Waals surface area contributed by atoms with Crippen LogP contribution < -0.4 is 5.32 Å². The van der Waals surface area contributed by atoms with E-state index in [1.165, 1.54) is 49.8 Å². The summed E-state index contributed by atoms with van der Waals surface area (Å²) in [4.78, 5) is 0. The van der Waals surface area contributed by atoms with Crippen LogP contribution in [0.4, 0.5) is 0 Å². The number of ether oxygens (including phenoxy) is 1. The van der Waals surface area contributed by atoms with Gasteiger partial charge in [0.05, 0.1) is 6.61 Å². The van der Waals surface area contributed by atoms with Crippen molar-refractivity contribution in [3.63, 3.8) is 0 Å². The van der Waals surface area contributed by atoms with E-state index in [0.29, 0.717) is 12.0 Å². The van der Waals surface area contributed by atoms with Gasteiger partial charge in [-0.25, -0.2) is 0 Å². The van der Waals surface area contributed by atoms with Crippen LogP contribution in [0.2, 0.25) is 0 Å². The van der Waals surface area contributed by atoms with Crippen LogP contribution in [-0.2, 0) is 11.2 Å². The Morgan fingerprint density at radius 3 is 3.00 bits per heavy atom. The van der Waals surface area contributed by atoms with Crippen molar-refractivity contribution in [3.05, 3.63) is 35.4 Å². The molecular formula is C16H23NO. The summed E-state index contributed by atoms with van der Waals surface area (Å²) in [5.74, 6) is 0.629. The number of rotatable bonds is 3. The van der Waals surface area contributed by atoms with Crippen LogP contribution in [0.1, 0.15) is 42.7 Å². The van der Waals surface area contributed by atoms with Gasteiger partial charge >= 0.3 is 0 Å². The van der Waals surface area contributed by atoms with Gasteiger partial charge in [0.2, 0.25) is 0 Å². The molecule has 3 rings (SSSR count). The zero-order valence-corrected chi connectivity index (χ0v) is 11.0. The van der Waals surface area contributed by atoms with Crippen LogP contribution >= 0.6 is 0 Å². The van der Waals surface area contributed by atoms with Crippen molar-refractivity contribution in [3.8, 4) is 0 Å². The van der Waals surface area contributed by atoms with Crippen molar-refractivity contribution >= 4 is 0 Å². The first-order valence-corrected chi connectivity index (χ1v) is 7.32. The lowest BCUT2D eigenvalue weighted by molar-refractivity contribution is 0.194. The van der Waals surface area contributed by atoms with Crippen LogP contribution in [-0.4, -0.2) is 25.8 Å². The topological polar surface area (TPSA) is 21.3 Å². The van der Waals surface area contributed by atoms with E-state index in [2.05, 4.69) is 29.6 Å². The molecule has 2 unspecified atom stereocenters. The fourth-order valence-electron chi connectivity index (χ4n) is 3.15. The van der Waals surface area contributed by atoms with Gasteiger partial charge in [-0.15, -0.1) is 0 Å². The Balaban J connectivity index is 1.66. The van der Waals surface area contributed by atoms with Gasteiger partial charge in [0.1, 0.15) is 0 Å². The Kier molecular flexibility index (Phi) is 3.96. The third kappa shape index (κ3) is 2.93. The van der Waals surface area contributed by atoms with E-state index in [1.54, 1.807) is 0 Å². The van der Waals surface area contributed by atoms with Crippen LogP contribution in [0.5, 0.6) is 0 Å². The van der Waals surface area contributed by atoms with Crippen LogP contribution in [0.15, 0.2) is 24.3 Å². The summed E-state index contributed by atoms with van der Waals surface area (Å²) >= 11 is 0. The van der Waals surface area contributed by atoms with Crippen LogP contribution in [0.25, 0.3) is 0 Å². The van der Waals surface area contributed by atoms with Crippen molar-refractivity contribution in [2.75, 3.05) is 19.8 Å². The predicted octanol–water partition coefficient (Wildman–Crippen LogP) is 2.88. The first-order chi connectivity index (χ1) is 8.92. The summed E-state index contributed by atoms with van der Waals surface area (Å²) in [6.45, 7) is 3.03. The van der Waals surface area contributed by atoms with Crippen molar-refractivity contribution in [2.24, 2.45) is 0 Å². The smallest absolute Gasteiger partial charge is 0.0535 e. The molecule has 98 valence electrons. The number of piperidine rings is 1. The molecule has 2 saturated heterocycles. The molecule has 2 aliphatic heterocycles. The van der Waals surface area contributed by atoms with E-state index < -0.39 is 0 Å². The molecule has 2 aliphatic rings. The van der Waals surface area contributed by atoms with E-state index in [9.17, 15) is 0 Å². The Morgan fingerprint density at radius 2 is 2.22 bits per heavy atom. The van der Waals surface area contributed by atoms with E-state index in [-0.39, 0.29) is 0 Å². The maximum absolute atomic E-state index is 5.49. The first-order valence-electron chi connectivity index (χ1n) is 7.32. The highest BCUT2D eigenvalue weighted by Crippen LogP contribution is 2.26.